The summed E-state index contributed by atoms with van der Waals surface area (Å²) in [4.78, 5) is 13.1. The van der Waals surface area contributed by atoms with E-state index in [2.05, 4.69) is 6.92 Å². The van der Waals surface area contributed by atoms with Crippen LogP contribution in [-0.4, -0.2) is 36.2 Å². The van der Waals surface area contributed by atoms with Gasteiger partial charge in [0, 0.05) is 6.04 Å². The summed E-state index contributed by atoms with van der Waals surface area (Å²) >= 11 is 0. The van der Waals surface area contributed by atoms with Crippen LogP contribution in [0.5, 0.6) is 0 Å². The minimum Gasteiger partial charge on any atom is -0.447 e. The monoisotopic (exact) mass is 186 g/mol. The number of nitrogens with zero attached hydrogens (tertiary/aromatic N) is 1. The van der Waals surface area contributed by atoms with Crippen molar-refractivity contribution in [3.63, 3.8) is 0 Å². The molecule has 4 nitrogen and oxygen atoms in total. The summed E-state index contributed by atoms with van der Waals surface area (Å²) in [5.41, 5.74) is 5.46. The van der Waals surface area contributed by atoms with Gasteiger partial charge in [-0.2, -0.15) is 0 Å². The number of ether oxygens (including phenoxy) is 1. The Bertz CT molecular complexity index is 184. The molecule has 0 aliphatic carbocycles. The number of cyclic esters (lactones) is 1. The summed E-state index contributed by atoms with van der Waals surface area (Å²) in [6, 6.07) is 0.444. The molecule has 1 heterocycles. The van der Waals surface area contributed by atoms with Gasteiger partial charge in [0.05, 0.1) is 6.04 Å². The highest BCUT2D eigenvalue weighted by Gasteiger charge is 2.34. The Morgan fingerprint density at radius 1 is 1.77 bits per heavy atom. The van der Waals surface area contributed by atoms with Gasteiger partial charge in [0.15, 0.2) is 0 Å². The van der Waals surface area contributed by atoms with Crippen molar-refractivity contribution in [2.24, 2.45) is 5.73 Å². The van der Waals surface area contributed by atoms with Crippen LogP contribution in [0.3, 0.4) is 0 Å². The first-order chi connectivity index (χ1) is 6.20. The van der Waals surface area contributed by atoms with Gasteiger partial charge in [-0.05, 0) is 26.3 Å². The number of rotatable bonds is 4. The minimum absolute atomic E-state index is 0.187. The number of nitrogens with two attached hydrogens (primary N) is 1. The topological polar surface area (TPSA) is 55.6 Å². The molecule has 1 aliphatic heterocycles. The Morgan fingerprint density at radius 2 is 2.46 bits per heavy atom. The van der Waals surface area contributed by atoms with E-state index in [-0.39, 0.29) is 18.2 Å². The second kappa shape index (κ2) is 4.46. The molecule has 0 aromatic carbocycles. The third-order valence-corrected chi connectivity index (χ3v) is 2.57. The molecule has 13 heavy (non-hydrogen) atoms. The van der Waals surface area contributed by atoms with E-state index < -0.39 is 0 Å². The van der Waals surface area contributed by atoms with Gasteiger partial charge in [-0.15, -0.1) is 0 Å². The van der Waals surface area contributed by atoms with Crippen LogP contribution < -0.4 is 5.73 Å². The van der Waals surface area contributed by atoms with Gasteiger partial charge in [-0.1, -0.05) is 6.92 Å². The lowest BCUT2D eigenvalue weighted by atomic mass is 10.1. The highest BCUT2D eigenvalue weighted by atomic mass is 16.6. The van der Waals surface area contributed by atoms with Crippen molar-refractivity contribution in [2.75, 3.05) is 13.2 Å². The second-order valence-electron chi connectivity index (χ2n) is 3.47. The molecule has 1 amide bonds. The molecule has 4 heteroatoms. The second-order valence-corrected chi connectivity index (χ2v) is 3.47. The third kappa shape index (κ3) is 2.12. The fourth-order valence-corrected chi connectivity index (χ4v) is 1.62. The van der Waals surface area contributed by atoms with Crippen molar-refractivity contribution in [2.45, 2.75) is 38.8 Å². The van der Waals surface area contributed by atoms with E-state index in [0.29, 0.717) is 13.2 Å². The molecule has 76 valence electrons. The normalized spacial score (nSPS) is 24.7. The largest absolute Gasteiger partial charge is 0.447 e. The van der Waals surface area contributed by atoms with Crippen molar-refractivity contribution < 1.29 is 9.53 Å². The Morgan fingerprint density at radius 3 is 3.00 bits per heavy atom. The van der Waals surface area contributed by atoms with Crippen molar-refractivity contribution in [1.82, 2.24) is 4.90 Å². The summed E-state index contributed by atoms with van der Waals surface area (Å²) < 4.78 is 4.99. The average molecular weight is 186 g/mol. The van der Waals surface area contributed by atoms with Crippen LogP contribution in [0.25, 0.3) is 0 Å². The molecule has 1 fully saturated rings. The lowest BCUT2D eigenvalue weighted by Gasteiger charge is -2.26. The Balaban J connectivity index is 2.59. The maximum atomic E-state index is 11.3. The van der Waals surface area contributed by atoms with Crippen molar-refractivity contribution in [3.05, 3.63) is 0 Å². The summed E-state index contributed by atoms with van der Waals surface area (Å²) in [5.74, 6) is 0. The number of amides is 1. The van der Waals surface area contributed by atoms with Crippen LogP contribution in [0.15, 0.2) is 0 Å². The predicted molar refractivity (Wildman–Crippen MR) is 50.4 cm³/mol. The molecule has 0 aromatic rings. The van der Waals surface area contributed by atoms with E-state index in [0.717, 1.165) is 12.8 Å². The number of carbonyl (C=O) groups excluding carboxylic acids is 1. The molecule has 1 saturated heterocycles. The van der Waals surface area contributed by atoms with Crippen LogP contribution >= 0.6 is 0 Å². The van der Waals surface area contributed by atoms with E-state index in [4.69, 9.17) is 10.5 Å². The van der Waals surface area contributed by atoms with Gasteiger partial charge in [-0.3, -0.25) is 4.90 Å². The standard InChI is InChI=1S/C9H18N2O2/c1-3-7(2)11-8(4-5-10)6-13-9(11)12/h7-8H,3-6,10H2,1-2H3. The van der Waals surface area contributed by atoms with E-state index in [1.807, 2.05) is 11.8 Å². The van der Waals surface area contributed by atoms with Crippen molar-refractivity contribution >= 4 is 6.09 Å². The van der Waals surface area contributed by atoms with Crippen LogP contribution in [0.1, 0.15) is 26.7 Å². The molecule has 0 spiro atoms. The fourth-order valence-electron chi connectivity index (χ4n) is 1.62. The molecule has 2 atom stereocenters. The Kier molecular flexibility index (Phi) is 3.54. The SMILES string of the molecule is CCC(C)N1C(=O)OCC1CCN. The van der Waals surface area contributed by atoms with E-state index in [9.17, 15) is 4.79 Å². The van der Waals surface area contributed by atoms with Crippen molar-refractivity contribution in [3.8, 4) is 0 Å². The van der Waals surface area contributed by atoms with Crippen LogP contribution in [0, 0.1) is 0 Å². The van der Waals surface area contributed by atoms with Gasteiger partial charge in [-0.25, -0.2) is 4.79 Å². The zero-order chi connectivity index (χ0) is 9.84. The summed E-state index contributed by atoms with van der Waals surface area (Å²) in [5, 5.41) is 0. The lowest BCUT2D eigenvalue weighted by molar-refractivity contribution is 0.145. The Hall–Kier alpha value is -0.770. The molecular formula is C9H18N2O2. The van der Waals surface area contributed by atoms with Gasteiger partial charge >= 0.3 is 6.09 Å². The molecule has 0 bridgehead atoms. The summed E-state index contributed by atoms with van der Waals surface area (Å²) in [6.07, 6.45) is 1.60. The molecule has 2 unspecified atom stereocenters. The van der Waals surface area contributed by atoms with Crippen molar-refractivity contribution in [1.29, 1.82) is 0 Å². The number of hydrogen-bond donors (Lipinski definition) is 1. The Labute approximate surface area is 79.0 Å². The van der Waals surface area contributed by atoms with E-state index in [1.165, 1.54) is 0 Å². The van der Waals surface area contributed by atoms with Crippen LogP contribution in [-0.2, 0) is 4.74 Å². The first-order valence-corrected chi connectivity index (χ1v) is 4.85. The molecule has 0 radical (unpaired) electrons. The van der Waals surface area contributed by atoms with Crippen LogP contribution in [0.4, 0.5) is 4.79 Å². The van der Waals surface area contributed by atoms with Gasteiger partial charge in [0.25, 0.3) is 0 Å². The number of carbonyl (C=O) groups is 1. The van der Waals surface area contributed by atoms with Gasteiger partial charge in [0.2, 0.25) is 0 Å². The fraction of sp³-hybridized carbons (Fsp3) is 0.889. The average Bonchev–Trinajstić information content (AvgIpc) is 2.47. The predicted octanol–water partition coefficient (Wildman–Crippen LogP) is 0.954. The molecule has 1 rings (SSSR count). The molecular weight excluding hydrogens is 168 g/mol. The molecule has 0 saturated carbocycles. The highest BCUT2D eigenvalue weighted by molar-refractivity contribution is 5.70. The number of hydrogen-bond acceptors (Lipinski definition) is 3. The quantitative estimate of drug-likeness (QED) is 0.711. The smallest absolute Gasteiger partial charge is 0.410 e. The van der Waals surface area contributed by atoms with Crippen LogP contribution in [0.2, 0.25) is 0 Å². The minimum atomic E-state index is -0.187. The first-order valence-electron chi connectivity index (χ1n) is 4.85. The summed E-state index contributed by atoms with van der Waals surface area (Å²) in [7, 11) is 0. The highest BCUT2D eigenvalue weighted by Crippen LogP contribution is 2.19. The molecule has 2 N–H and O–H groups in total. The first kappa shape index (κ1) is 10.3. The lowest BCUT2D eigenvalue weighted by Crippen LogP contribution is -2.41. The van der Waals surface area contributed by atoms with E-state index in [1.54, 1.807) is 0 Å². The van der Waals surface area contributed by atoms with Gasteiger partial charge < -0.3 is 10.5 Å². The molecule has 1 aliphatic rings. The molecule has 0 aromatic heterocycles. The summed E-state index contributed by atoms with van der Waals surface area (Å²) in [6.45, 7) is 5.21. The zero-order valence-corrected chi connectivity index (χ0v) is 8.32. The maximum Gasteiger partial charge on any atom is 0.410 e. The van der Waals surface area contributed by atoms with E-state index >= 15 is 0 Å². The zero-order valence-electron chi connectivity index (χ0n) is 8.32. The maximum absolute atomic E-state index is 11.3. The third-order valence-electron chi connectivity index (χ3n) is 2.57. The van der Waals surface area contributed by atoms with Gasteiger partial charge in [0.1, 0.15) is 6.61 Å².